The van der Waals surface area contributed by atoms with Crippen molar-refractivity contribution in [1.29, 1.82) is 0 Å². The summed E-state index contributed by atoms with van der Waals surface area (Å²) in [4.78, 5) is 19.1. The summed E-state index contributed by atoms with van der Waals surface area (Å²) in [6, 6.07) is 4.82. The number of nitrogens with zero attached hydrogens (tertiary/aromatic N) is 3. The van der Waals surface area contributed by atoms with Crippen molar-refractivity contribution >= 4 is 36.1 Å². The molecule has 10 nitrogen and oxygen atoms in total. The number of fused-ring (bicyclic) bond motifs is 1. The van der Waals surface area contributed by atoms with E-state index in [1.54, 1.807) is 0 Å². The monoisotopic (exact) mass is 683 g/mol. The van der Waals surface area contributed by atoms with E-state index in [2.05, 4.69) is 29.7 Å². The molecule has 1 aromatic carbocycles. The van der Waals surface area contributed by atoms with Crippen LogP contribution >= 0.6 is 0 Å². The van der Waals surface area contributed by atoms with Crippen molar-refractivity contribution in [2.24, 2.45) is 0 Å². The van der Waals surface area contributed by atoms with Gasteiger partial charge in [-0.3, -0.25) is 0 Å². The molecule has 14 heteroatoms. The number of alkyl halides is 2. The number of hydrogen-bond donors (Lipinski definition) is 2. The molecule has 2 N–H and O–H groups in total. The Kier molecular flexibility index (Phi) is 10.7. The Hall–Kier alpha value is -1.97. The molecule has 4 atom stereocenters. The van der Waals surface area contributed by atoms with Gasteiger partial charge in [-0.15, -0.1) is 0 Å². The molecule has 46 heavy (non-hydrogen) atoms. The van der Waals surface area contributed by atoms with Gasteiger partial charge in [0.1, 0.15) is 18.6 Å². The average Bonchev–Trinajstić information content (AvgIpc) is 3.89. The zero-order chi connectivity index (χ0) is 33.4. The fraction of sp³-hybridized carbons (Fsp3) is 0.750. The molecule has 3 aliphatic rings. The van der Waals surface area contributed by atoms with E-state index in [-0.39, 0.29) is 31.6 Å². The molecule has 0 spiro atoms. The summed E-state index contributed by atoms with van der Waals surface area (Å²) in [5.74, 6) is -2.43. The number of carbonyl (C=O) groups excluding carboxylic acids is 1. The van der Waals surface area contributed by atoms with Crippen LogP contribution in [0.1, 0.15) is 76.8 Å². The van der Waals surface area contributed by atoms with Crippen LogP contribution in [0.4, 0.5) is 13.6 Å². The van der Waals surface area contributed by atoms with Gasteiger partial charge in [-0.1, -0.05) is 25.7 Å². The minimum atomic E-state index is -3.06. The van der Waals surface area contributed by atoms with Crippen LogP contribution in [0.25, 0.3) is 11.0 Å². The lowest BCUT2D eigenvalue weighted by Gasteiger charge is -2.38. The van der Waals surface area contributed by atoms with Gasteiger partial charge < -0.3 is 29.0 Å². The van der Waals surface area contributed by atoms with Gasteiger partial charge in [0.15, 0.2) is 0 Å². The summed E-state index contributed by atoms with van der Waals surface area (Å²) in [6.07, 6.45) is 3.74. The molecular weight excluding hydrogens is 633 g/mol. The third-order valence-electron chi connectivity index (χ3n) is 8.42. The van der Waals surface area contributed by atoms with Crippen molar-refractivity contribution in [1.82, 2.24) is 24.5 Å². The van der Waals surface area contributed by atoms with Crippen molar-refractivity contribution in [2.45, 2.75) is 127 Å². The number of ether oxygens (including phenoxy) is 3. The van der Waals surface area contributed by atoms with Crippen LogP contribution in [0.5, 0.6) is 0 Å². The molecule has 0 bridgehead atoms. The van der Waals surface area contributed by atoms with E-state index in [1.807, 2.05) is 50.5 Å². The first-order valence-electron chi connectivity index (χ1n) is 16.5. The Labute approximate surface area is 274 Å². The van der Waals surface area contributed by atoms with Crippen LogP contribution in [0.3, 0.4) is 0 Å². The second-order valence-electron chi connectivity index (χ2n) is 15.2. The number of nitrogens with one attached hydrogen (secondary N) is 2. The van der Waals surface area contributed by atoms with E-state index in [9.17, 15) is 17.8 Å². The summed E-state index contributed by atoms with van der Waals surface area (Å²) in [7, 11) is -2.75. The number of imidazole rings is 1. The molecule has 258 valence electrons. The zero-order valence-electron chi connectivity index (χ0n) is 28.2. The van der Waals surface area contributed by atoms with Crippen LogP contribution in [0.2, 0.25) is 25.7 Å². The Bertz CT molecular complexity index is 1410. The third kappa shape index (κ3) is 9.34. The lowest BCUT2D eigenvalue weighted by Crippen LogP contribution is -2.58. The van der Waals surface area contributed by atoms with E-state index in [4.69, 9.17) is 19.2 Å². The second kappa shape index (κ2) is 13.9. The highest BCUT2D eigenvalue weighted by atomic mass is 32.2. The molecule has 1 aliphatic heterocycles. The molecule has 2 aromatic rings. The highest BCUT2D eigenvalue weighted by molar-refractivity contribution is 7.84. The molecular formula is C32H51F2N5O5SSi. The van der Waals surface area contributed by atoms with E-state index in [1.165, 1.54) is 4.90 Å². The fourth-order valence-electron chi connectivity index (χ4n) is 5.28. The zero-order valence-corrected chi connectivity index (χ0v) is 30.1. The second-order valence-corrected chi connectivity index (χ2v) is 22.8. The first kappa shape index (κ1) is 35.3. The Morgan fingerprint density at radius 2 is 1.87 bits per heavy atom. The number of hydrogen-bond acceptors (Lipinski definition) is 6. The van der Waals surface area contributed by atoms with Crippen LogP contribution in [0.15, 0.2) is 18.2 Å². The predicted molar refractivity (Wildman–Crippen MR) is 178 cm³/mol. The first-order chi connectivity index (χ1) is 21.5. The predicted octanol–water partition coefficient (Wildman–Crippen LogP) is 5.89. The number of aromatic nitrogens is 2. The van der Waals surface area contributed by atoms with Crippen molar-refractivity contribution in [2.75, 3.05) is 26.3 Å². The lowest BCUT2D eigenvalue weighted by molar-refractivity contribution is -0.0541. The number of benzene rings is 1. The molecule has 2 amide bonds. The van der Waals surface area contributed by atoms with Crippen LogP contribution in [-0.2, 0) is 31.9 Å². The minimum absolute atomic E-state index is 0.0854. The van der Waals surface area contributed by atoms with Crippen LogP contribution in [0, 0.1) is 0 Å². The van der Waals surface area contributed by atoms with E-state index in [0.717, 1.165) is 37.2 Å². The number of halogens is 2. The Morgan fingerprint density at radius 3 is 2.50 bits per heavy atom. The molecule has 1 saturated heterocycles. The van der Waals surface area contributed by atoms with Gasteiger partial charge in [-0.05, 0) is 77.1 Å². The van der Waals surface area contributed by atoms with Gasteiger partial charge in [-0.2, -0.15) is 0 Å². The molecule has 1 aromatic heterocycles. The van der Waals surface area contributed by atoms with Gasteiger partial charge in [0.05, 0.1) is 70.8 Å². The number of carbonyl (C=O) groups is 1. The first-order valence-corrected chi connectivity index (χ1v) is 21.3. The Morgan fingerprint density at radius 1 is 1.17 bits per heavy atom. The summed E-state index contributed by atoms with van der Waals surface area (Å²) in [5.41, 5.74) is 2.06. The Balaban J connectivity index is 1.53. The van der Waals surface area contributed by atoms with E-state index >= 15 is 0 Å². The topological polar surface area (TPSA) is 107 Å². The average molecular weight is 684 g/mol. The third-order valence-corrected chi connectivity index (χ3v) is 11.7. The van der Waals surface area contributed by atoms with Gasteiger partial charge in [0, 0.05) is 14.7 Å². The van der Waals surface area contributed by atoms with Crippen LogP contribution in [-0.4, -0.2) is 88.0 Å². The van der Waals surface area contributed by atoms with Crippen molar-refractivity contribution in [3.8, 4) is 0 Å². The summed E-state index contributed by atoms with van der Waals surface area (Å²) < 4.78 is 65.8. The van der Waals surface area contributed by atoms with Gasteiger partial charge >= 0.3 is 6.03 Å². The summed E-state index contributed by atoms with van der Waals surface area (Å²) in [6.45, 7) is 14.2. The number of urea groups is 1. The summed E-state index contributed by atoms with van der Waals surface area (Å²) >= 11 is 0. The van der Waals surface area contributed by atoms with Gasteiger partial charge in [0.25, 0.3) is 5.92 Å². The van der Waals surface area contributed by atoms with Gasteiger partial charge in [0.2, 0.25) is 0 Å². The highest BCUT2D eigenvalue weighted by Gasteiger charge is 2.43. The normalized spacial score (nSPS) is 21.7. The number of amides is 2. The number of rotatable bonds is 16. The van der Waals surface area contributed by atoms with Crippen molar-refractivity contribution < 1.29 is 32.0 Å². The van der Waals surface area contributed by atoms with Crippen molar-refractivity contribution in [3.05, 3.63) is 29.6 Å². The molecule has 2 saturated carbocycles. The molecule has 2 aliphatic carbocycles. The fourth-order valence-corrected chi connectivity index (χ4v) is 6.92. The maximum absolute atomic E-state index is 14.5. The van der Waals surface area contributed by atoms with Gasteiger partial charge in [-0.25, -0.2) is 27.5 Å². The van der Waals surface area contributed by atoms with Crippen LogP contribution < -0.4 is 10.0 Å². The molecule has 1 unspecified atom stereocenters. The molecule has 2 heterocycles. The standard InChI is InChI=1S/C32H51F2N5O5SSi/c1-21(44-24-11-12-24)28(37-45(41)31(2,3)4)29-36-25-16-22(8-13-26(25)39(29)20-42-14-15-46(5,6)7)27(17-43-23-9-10-23)38-19-32(33,34)18-35-30(38)40/h8,13,16,21,23-24,27-28,37H,9-12,14-15,17-20H2,1-7H3,(H,35,40)/t21-,27-,28+,45?/m1/s1. The smallest absolute Gasteiger partial charge is 0.318 e. The maximum Gasteiger partial charge on any atom is 0.318 e. The van der Waals surface area contributed by atoms with E-state index in [0.29, 0.717) is 23.5 Å². The summed E-state index contributed by atoms with van der Waals surface area (Å²) in [5, 5.41) is 2.34. The van der Waals surface area contributed by atoms with E-state index < -0.39 is 60.9 Å². The SMILES string of the molecule is C[C@@H](OC1CC1)[C@H](NS(=O)C(C)(C)C)c1nc2cc([C@@H](COC3CC3)N3CC(F)(F)CNC3=O)ccc2n1COCC[Si](C)(C)C. The lowest BCUT2D eigenvalue weighted by atomic mass is 10.0. The largest absolute Gasteiger partial charge is 0.376 e. The molecule has 5 rings (SSSR count). The minimum Gasteiger partial charge on any atom is -0.376 e. The maximum atomic E-state index is 14.5. The molecule has 3 fully saturated rings. The highest BCUT2D eigenvalue weighted by Crippen LogP contribution is 2.35. The van der Waals surface area contributed by atoms with Crippen molar-refractivity contribution in [3.63, 3.8) is 0 Å². The molecule has 0 radical (unpaired) electrons. The quantitative estimate of drug-likeness (QED) is 0.169.